The maximum Gasteiger partial charge on any atom is 0.269 e. The Bertz CT molecular complexity index is 1510. The molecule has 33 heavy (non-hydrogen) atoms. The Balaban J connectivity index is 1.69. The van der Waals surface area contributed by atoms with E-state index in [1.165, 1.54) is 21.3 Å². The highest BCUT2D eigenvalue weighted by molar-refractivity contribution is 6.31. The summed E-state index contributed by atoms with van der Waals surface area (Å²) in [5.74, 6) is -0.230. The average Bonchev–Trinajstić information content (AvgIpc) is 3.33. The summed E-state index contributed by atoms with van der Waals surface area (Å²) >= 11 is 12.3. The molecule has 7 nitrogen and oxygen atoms in total. The predicted molar refractivity (Wildman–Crippen MR) is 128 cm³/mol. The van der Waals surface area contributed by atoms with Gasteiger partial charge in [0.1, 0.15) is 11.1 Å². The molecule has 0 saturated heterocycles. The highest BCUT2D eigenvalue weighted by atomic mass is 35.5. The number of carbonyl (C=O) groups is 1. The summed E-state index contributed by atoms with van der Waals surface area (Å²) in [4.78, 5) is 42.5. The smallest absolute Gasteiger partial charge is 0.269 e. The number of anilines is 1. The number of hydrogen-bond acceptors (Lipinski definition) is 3. The second-order valence-electron chi connectivity index (χ2n) is 7.97. The third-order valence-electron chi connectivity index (χ3n) is 5.81. The van der Waals surface area contributed by atoms with Gasteiger partial charge in [-0.05, 0) is 35.9 Å². The minimum Gasteiger partial charge on any atom is -0.356 e. The number of hydrogen-bond donors (Lipinski definition) is 1. The van der Waals surface area contributed by atoms with Crippen molar-refractivity contribution in [1.29, 1.82) is 0 Å². The molecule has 0 bridgehead atoms. The van der Waals surface area contributed by atoms with Crippen molar-refractivity contribution >= 4 is 34.8 Å². The Morgan fingerprint density at radius 1 is 0.879 bits per heavy atom. The van der Waals surface area contributed by atoms with Crippen LogP contribution in [-0.2, 0) is 14.1 Å². The fraction of sp³-hybridized carbons (Fsp3) is 0.125. The van der Waals surface area contributed by atoms with Crippen molar-refractivity contribution in [1.82, 2.24) is 14.1 Å². The number of pyridine rings is 2. The first kappa shape index (κ1) is 21.3. The topological polar surface area (TPSA) is 80.1 Å². The molecule has 9 heteroatoms. The Morgan fingerprint density at radius 2 is 1.61 bits per heavy atom. The standard InChI is InChI=1S/C24H18Cl2N4O3/c1-28-11-14(5-8-20(28)31)19-10-17-21(27-19)22(13-3-6-15(25)7-4-13)30(23(17)32)16-9-18(26)24(33)29(2)12-16/h3-12,22,27H,1-2H3. The number of nitrogens with one attached hydrogen (secondary N) is 1. The molecule has 1 aromatic carbocycles. The third kappa shape index (κ3) is 3.50. The van der Waals surface area contributed by atoms with Crippen LogP contribution in [0.2, 0.25) is 10.0 Å². The van der Waals surface area contributed by atoms with Crippen molar-refractivity contribution in [3.05, 3.63) is 108 Å². The van der Waals surface area contributed by atoms with Crippen LogP contribution in [0.15, 0.2) is 70.5 Å². The lowest BCUT2D eigenvalue weighted by Crippen LogP contribution is -2.30. The van der Waals surface area contributed by atoms with Gasteiger partial charge in [0, 0.05) is 48.8 Å². The third-order valence-corrected chi connectivity index (χ3v) is 6.34. The van der Waals surface area contributed by atoms with Crippen LogP contribution in [0.4, 0.5) is 5.69 Å². The van der Waals surface area contributed by atoms with E-state index in [0.29, 0.717) is 22.0 Å². The lowest BCUT2D eigenvalue weighted by molar-refractivity contribution is 0.0993. The lowest BCUT2D eigenvalue weighted by Gasteiger charge is -2.26. The van der Waals surface area contributed by atoms with Crippen LogP contribution >= 0.6 is 23.2 Å². The molecule has 1 aliphatic rings. The largest absolute Gasteiger partial charge is 0.356 e. The Labute approximate surface area is 198 Å². The van der Waals surface area contributed by atoms with Gasteiger partial charge in [-0.3, -0.25) is 19.3 Å². The quantitative estimate of drug-likeness (QED) is 0.478. The van der Waals surface area contributed by atoms with Crippen LogP contribution in [0.1, 0.15) is 27.7 Å². The van der Waals surface area contributed by atoms with Gasteiger partial charge in [0.25, 0.3) is 11.5 Å². The SMILES string of the molecule is Cn1cc(-c2cc3c([nH]2)C(c2ccc(Cl)cc2)N(c2cc(Cl)c(=O)n(C)c2)C3=O)ccc1=O. The van der Waals surface area contributed by atoms with Crippen molar-refractivity contribution in [2.75, 3.05) is 4.90 Å². The summed E-state index contributed by atoms with van der Waals surface area (Å²) in [6.45, 7) is 0. The molecule has 4 heterocycles. The molecule has 1 atom stereocenters. The first-order valence-electron chi connectivity index (χ1n) is 10.1. The van der Waals surface area contributed by atoms with E-state index < -0.39 is 6.04 Å². The monoisotopic (exact) mass is 480 g/mol. The van der Waals surface area contributed by atoms with Crippen molar-refractivity contribution in [2.45, 2.75) is 6.04 Å². The fourth-order valence-corrected chi connectivity index (χ4v) is 4.53. The molecule has 3 aromatic heterocycles. The number of rotatable bonds is 3. The number of halogens is 2. The van der Waals surface area contributed by atoms with E-state index in [1.807, 2.05) is 12.1 Å². The summed E-state index contributed by atoms with van der Waals surface area (Å²) < 4.78 is 2.84. The highest BCUT2D eigenvalue weighted by Crippen LogP contribution is 2.43. The summed E-state index contributed by atoms with van der Waals surface area (Å²) in [7, 11) is 3.27. The van der Waals surface area contributed by atoms with Crippen LogP contribution in [0, 0.1) is 0 Å². The van der Waals surface area contributed by atoms with Gasteiger partial charge in [-0.25, -0.2) is 0 Å². The van der Waals surface area contributed by atoms with Crippen LogP contribution < -0.4 is 16.0 Å². The lowest BCUT2D eigenvalue weighted by atomic mass is 10.0. The molecule has 0 aliphatic carbocycles. The zero-order valence-corrected chi connectivity index (χ0v) is 19.2. The number of nitrogens with zero attached hydrogens (tertiary/aromatic N) is 3. The van der Waals surface area contributed by atoms with E-state index in [4.69, 9.17) is 23.2 Å². The number of benzene rings is 1. The van der Waals surface area contributed by atoms with Gasteiger partial charge in [-0.2, -0.15) is 0 Å². The second kappa shape index (κ2) is 7.79. The maximum absolute atomic E-state index is 13.6. The highest BCUT2D eigenvalue weighted by Gasteiger charge is 2.41. The van der Waals surface area contributed by atoms with Gasteiger partial charge >= 0.3 is 0 Å². The van der Waals surface area contributed by atoms with Gasteiger partial charge in [0.15, 0.2) is 0 Å². The maximum atomic E-state index is 13.6. The molecule has 0 saturated carbocycles. The van der Waals surface area contributed by atoms with Crippen molar-refractivity contribution < 1.29 is 4.79 Å². The van der Waals surface area contributed by atoms with Gasteiger partial charge in [-0.1, -0.05) is 35.3 Å². The molecular formula is C24H18Cl2N4O3. The van der Waals surface area contributed by atoms with E-state index >= 15 is 0 Å². The molecule has 0 radical (unpaired) electrons. The molecule has 4 aromatic rings. The first-order chi connectivity index (χ1) is 15.7. The van der Waals surface area contributed by atoms with Gasteiger partial charge in [0.05, 0.1) is 16.9 Å². The fourth-order valence-electron chi connectivity index (χ4n) is 4.16. The van der Waals surface area contributed by atoms with Crippen molar-refractivity contribution in [2.24, 2.45) is 14.1 Å². The van der Waals surface area contributed by atoms with Crippen LogP contribution in [0.3, 0.4) is 0 Å². The number of aryl methyl sites for hydroxylation is 2. The van der Waals surface area contributed by atoms with E-state index in [9.17, 15) is 14.4 Å². The Hall–Kier alpha value is -3.55. The summed E-state index contributed by atoms with van der Waals surface area (Å²) in [5, 5.41) is 0.608. The molecule has 1 unspecified atom stereocenters. The summed E-state index contributed by atoms with van der Waals surface area (Å²) in [6.07, 6.45) is 3.31. The molecule has 0 fully saturated rings. The second-order valence-corrected chi connectivity index (χ2v) is 8.81. The summed E-state index contributed by atoms with van der Waals surface area (Å²) in [5.41, 5.74) is 3.59. The number of aromatic amines is 1. The van der Waals surface area contributed by atoms with Crippen LogP contribution in [0.5, 0.6) is 0 Å². The molecule has 1 N–H and O–H groups in total. The van der Waals surface area contributed by atoms with Gasteiger partial charge in [0.2, 0.25) is 5.56 Å². The van der Waals surface area contributed by atoms with Crippen molar-refractivity contribution in [3.8, 4) is 11.3 Å². The van der Waals surface area contributed by atoms with Crippen LogP contribution in [-0.4, -0.2) is 20.0 Å². The van der Waals surface area contributed by atoms with E-state index in [0.717, 1.165) is 16.8 Å². The van der Waals surface area contributed by atoms with Gasteiger partial charge < -0.3 is 14.1 Å². The molecule has 0 spiro atoms. The number of H-pyrrole nitrogens is 1. The number of fused-ring (bicyclic) bond motifs is 1. The number of aromatic nitrogens is 3. The Morgan fingerprint density at radius 3 is 2.27 bits per heavy atom. The minimum atomic E-state index is -0.486. The predicted octanol–water partition coefficient (Wildman–Crippen LogP) is 4.14. The molecule has 166 valence electrons. The summed E-state index contributed by atoms with van der Waals surface area (Å²) in [6, 6.07) is 13.3. The molecular weight excluding hydrogens is 463 g/mol. The van der Waals surface area contributed by atoms with Crippen LogP contribution in [0.25, 0.3) is 11.3 Å². The Kier molecular flexibility index (Phi) is 5.03. The van der Waals surface area contributed by atoms with E-state index in [1.54, 1.807) is 55.7 Å². The average molecular weight is 481 g/mol. The zero-order chi connectivity index (χ0) is 23.4. The zero-order valence-electron chi connectivity index (χ0n) is 17.7. The molecule has 5 rings (SSSR count). The van der Waals surface area contributed by atoms with E-state index in [-0.39, 0.29) is 22.0 Å². The van der Waals surface area contributed by atoms with E-state index in [2.05, 4.69) is 4.98 Å². The van der Waals surface area contributed by atoms with Gasteiger partial charge in [-0.15, -0.1) is 0 Å². The van der Waals surface area contributed by atoms with Crippen molar-refractivity contribution in [3.63, 3.8) is 0 Å². The molecule has 1 amide bonds. The first-order valence-corrected chi connectivity index (χ1v) is 10.9. The normalized spacial score (nSPS) is 15.2. The minimum absolute atomic E-state index is 0.0270. The number of amides is 1. The molecule has 1 aliphatic heterocycles. The number of carbonyl (C=O) groups excluding carboxylic acids is 1.